The summed E-state index contributed by atoms with van der Waals surface area (Å²) in [6, 6.07) is 0. The fourth-order valence-electron chi connectivity index (χ4n) is 2.65. The van der Waals surface area contributed by atoms with Crippen LogP contribution in [0.1, 0.15) is 52.4 Å². The van der Waals surface area contributed by atoms with Crippen molar-refractivity contribution in [3.05, 3.63) is 0 Å². The maximum Gasteiger partial charge on any atom is 0.323 e. The van der Waals surface area contributed by atoms with Crippen molar-refractivity contribution in [1.29, 1.82) is 5.41 Å². The molecule has 0 bridgehead atoms. The van der Waals surface area contributed by atoms with E-state index in [0.717, 1.165) is 37.4 Å². The fraction of sp³-hybridized carbons (Fsp3) is 0.800. The predicted molar refractivity (Wildman–Crippen MR) is 86.7 cm³/mol. The van der Waals surface area contributed by atoms with Gasteiger partial charge in [-0.05, 0) is 13.3 Å². The Morgan fingerprint density at radius 2 is 2.18 bits per heavy atom. The van der Waals surface area contributed by atoms with E-state index in [1.165, 1.54) is 0 Å². The predicted octanol–water partition coefficient (Wildman–Crippen LogP) is 2.45. The number of ether oxygens (including phenoxy) is 2. The van der Waals surface area contributed by atoms with Crippen molar-refractivity contribution in [3.8, 4) is 0 Å². The Morgan fingerprint density at radius 1 is 1.45 bits per heavy atom. The van der Waals surface area contributed by atoms with Crippen LogP contribution >= 0.6 is 11.8 Å². The minimum absolute atomic E-state index is 0.0207. The maximum absolute atomic E-state index is 12.3. The van der Waals surface area contributed by atoms with Crippen molar-refractivity contribution in [2.75, 3.05) is 12.4 Å². The second kappa shape index (κ2) is 9.02. The molecule has 1 saturated heterocycles. The molecule has 0 aromatic carbocycles. The van der Waals surface area contributed by atoms with Gasteiger partial charge in [0.1, 0.15) is 6.10 Å². The zero-order valence-electron chi connectivity index (χ0n) is 13.4. The van der Waals surface area contributed by atoms with Crippen LogP contribution in [0.25, 0.3) is 0 Å². The Balaban J connectivity index is 2.74. The molecule has 1 rings (SSSR count). The summed E-state index contributed by atoms with van der Waals surface area (Å²) in [4.78, 5) is 24.6. The van der Waals surface area contributed by atoms with Crippen LogP contribution < -0.4 is 5.73 Å². The van der Waals surface area contributed by atoms with Gasteiger partial charge in [-0.25, -0.2) is 0 Å². The molecule has 1 aliphatic rings. The lowest BCUT2D eigenvalue weighted by atomic mass is 9.80. The summed E-state index contributed by atoms with van der Waals surface area (Å²) in [6.07, 6.45) is 4.35. The summed E-state index contributed by atoms with van der Waals surface area (Å²) in [5, 5.41) is 7.20. The molecule has 2 atom stereocenters. The molecule has 7 heteroatoms. The number of unbranched alkanes of at least 4 members (excludes halogenated alkanes) is 3. The molecule has 0 saturated carbocycles. The lowest BCUT2D eigenvalue weighted by molar-refractivity contribution is -0.165. The third-order valence-corrected chi connectivity index (χ3v) is 4.64. The van der Waals surface area contributed by atoms with Crippen LogP contribution in [0.5, 0.6) is 0 Å². The molecule has 1 fully saturated rings. The minimum Gasteiger partial charge on any atom is -0.465 e. The van der Waals surface area contributed by atoms with E-state index in [2.05, 4.69) is 6.92 Å². The van der Waals surface area contributed by atoms with Gasteiger partial charge < -0.3 is 15.2 Å². The number of nitrogens with two attached hydrogens (primary N) is 1. The molecule has 3 N–H and O–H groups in total. The largest absolute Gasteiger partial charge is 0.465 e. The highest BCUT2D eigenvalue weighted by Gasteiger charge is 2.55. The van der Waals surface area contributed by atoms with E-state index < -0.39 is 23.5 Å². The molecule has 0 unspecified atom stereocenters. The molecule has 0 spiro atoms. The zero-order chi connectivity index (χ0) is 16.6. The van der Waals surface area contributed by atoms with Gasteiger partial charge in [0.05, 0.1) is 6.61 Å². The topological polar surface area (TPSA) is 102 Å². The van der Waals surface area contributed by atoms with E-state index in [0.29, 0.717) is 18.6 Å². The molecule has 0 aliphatic carbocycles. The van der Waals surface area contributed by atoms with Crippen LogP contribution in [-0.4, -0.2) is 35.6 Å². The SMILES string of the molecule is CCCCCC[C@]1(C(=O)OCC)C[C@H](CSC(=N)N)OC1=O. The zero-order valence-corrected chi connectivity index (χ0v) is 14.2. The number of cyclic esters (lactones) is 1. The standard InChI is InChI=1S/C15H26N2O4S/c1-3-5-6-7-8-15(12(18)20-4-2)9-11(21-13(15)19)10-22-14(16)17/h11H,3-10H2,1-2H3,(H3,16,17)/t11-,15-/m1/s1. The lowest BCUT2D eigenvalue weighted by Crippen LogP contribution is -2.37. The molecule has 22 heavy (non-hydrogen) atoms. The number of carbonyl (C=O) groups excluding carboxylic acids is 2. The molecule has 1 heterocycles. The van der Waals surface area contributed by atoms with Crippen LogP contribution in [0.4, 0.5) is 0 Å². The normalized spacial score (nSPS) is 24.1. The Labute approximate surface area is 136 Å². The van der Waals surface area contributed by atoms with E-state index in [1.54, 1.807) is 6.92 Å². The molecule has 6 nitrogen and oxygen atoms in total. The van der Waals surface area contributed by atoms with E-state index in [1.807, 2.05) is 0 Å². The van der Waals surface area contributed by atoms with Crippen LogP contribution in [0.15, 0.2) is 0 Å². The molecule has 1 aliphatic heterocycles. The van der Waals surface area contributed by atoms with Gasteiger partial charge in [0.15, 0.2) is 10.6 Å². The number of carbonyl (C=O) groups is 2. The highest BCUT2D eigenvalue weighted by atomic mass is 32.2. The van der Waals surface area contributed by atoms with Crippen molar-refractivity contribution in [1.82, 2.24) is 0 Å². The van der Waals surface area contributed by atoms with E-state index in [4.69, 9.17) is 20.6 Å². The van der Waals surface area contributed by atoms with Crippen molar-refractivity contribution >= 4 is 28.9 Å². The smallest absolute Gasteiger partial charge is 0.323 e. The van der Waals surface area contributed by atoms with E-state index in [-0.39, 0.29) is 11.8 Å². The summed E-state index contributed by atoms with van der Waals surface area (Å²) in [7, 11) is 0. The highest BCUT2D eigenvalue weighted by Crippen LogP contribution is 2.41. The first-order chi connectivity index (χ1) is 10.5. The molecule has 0 amide bonds. The van der Waals surface area contributed by atoms with Gasteiger partial charge >= 0.3 is 11.9 Å². The molecule has 0 radical (unpaired) electrons. The van der Waals surface area contributed by atoms with Gasteiger partial charge in [-0.3, -0.25) is 15.0 Å². The third-order valence-electron chi connectivity index (χ3n) is 3.79. The summed E-state index contributed by atoms with van der Waals surface area (Å²) in [6.45, 7) is 4.09. The minimum atomic E-state index is -1.17. The van der Waals surface area contributed by atoms with Gasteiger partial charge in [0, 0.05) is 12.2 Å². The number of hydrogen-bond acceptors (Lipinski definition) is 6. The van der Waals surface area contributed by atoms with Crippen LogP contribution in [-0.2, 0) is 19.1 Å². The van der Waals surface area contributed by atoms with Gasteiger partial charge in [0.25, 0.3) is 0 Å². The monoisotopic (exact) mass is 330 g/mol. The number of thioether (sulfide) groups is 1. The second-order valence-electron chi connectivity index (χ2n) is 5.52. The number of nitrogens with one attached hydrogen (secondary N) is 1. The highest BCUT2D eigenvalue weighted by molar-refractivity contribution is 8.13. The summed E-state index contributed by atoms with van der Waals surface area (Å²) in [5.41, 5.74) is 4.13. The van der Waals surface area contributed by atoms with Gasteiger partial charge in [0.2, 0.25) is 0 Å². The average molecular weight is 330 g/mol. The van der Waals surface area contributed by atoms with Gasteiger partial charge in [-0.2, -0.15) is 0 Å². The van der Waals surface area contributed by atoms with Gasteiger partial charge in [-0.15, -0.1) is 0 Å². The number of amidine groups is 1. The Morgan fingerprint density at radius 3 is 2.77 bits per heavy atom. The van der Waals surface area contributed by atoms with Crippen LogP contribution in [0.3, 0.4) is 0 Å². The summed E-state index contributed by atoms with van der Waals surface area (Å²) >= 11 is 1.12. The molecule has 0 aromatic rings. The third kappa shape index (κ3) is 4.90. The molecular formula is C15H26N2O4S. The van der Waals surface area contributed by atoms with Crippen LogP contribution in [0, 0.1) is 10.8 Å². The second-order valence-corrected chi connectivity index (χ2v) is 6.58. The Bertz CT molecular complexity index is 416. The first kappa shape index (κ1) is 18.8. The first-order valence-electron chi connectivity index (χ1n) is 7.81. The van der Waals surface area contributed by atoms with Crippen molar-refractivity contribution in [3.63, 3.8) is 0 Å². The van der Waals surface area contributed by atoms with Crippen LogP contribution in [0.2, 0.25) is 0 Å². The molecule has 126 valence electrons. The van der Waals surface area contributed by atoms with Crippen molar-refractivity contribution < 1.29 is 19.1 Å². The van der Waals surface area contributed by atoms with E-state index in [9.17, 15) is 9.59 Å². The Kier molecular flexibility index (Phi) is 7.72. The summed E-state index contributed by atoms with van der Waals surface area (Å²) < 4.78 is 10.5. The van der Waals surface area contributed by atoms with E-state index >= 15 is 0 Å². The average Bonchev–Trinajstić information content (AvgIpc) is 2.79. The quantitative estimate of drug-likeness (QED) is 0.221. The van der Waals surface area contributed by atoms with Crippen molar-refractivity contribution in [2.45, 2.75) is 58.5 Å². The molecular weight excluding hydrogens is 304 g/mol. The lowest BCUT2D eigenvalue weighted by Gasteiger charge is -2.22. The fourth-order valence-corrected chi connectivity index (χ4v) is 3.20. The maximum atomic E-state index is 12.3. The number of rotatable bonds is 9. The number of hydrogen-bond donors (Lipinski definition) is 2. The molecule has 0 aromatic heterocycles. The van der Waals surface area contributed by atoms with Crippen molar-refractivity contribution in [2.24, 2.45) is 11.1 Å². The first-order valence-corrected chi connectivity index (χ1v) is 8.80. The number of esters is 2. The van der Waals surface area contributed by atoms with Gasteiger partial charge in [-0.1, -0.05) is 44.4 Å². The summed E-state index contributed by atoms with van der Waals surface area (Å²) in [5.74, 6) is -0.569. The Hall–Kier alpha value is -1.24.